The Morgan fingerprint density at radius 1 is 1.23 bits per heavy atom. The van der Waals surface area contributed by atoms with Crippen molar-refractivity contribution in [3.05, 3.63) is 41.1 Å². The molecule has 2 aliphatic carbocycles. The zero-order valence-corrected chi connectivity index (χ0v) is 26.1. The van der Waals surface area contributed by atoms with Crippen molar-refractivity contribution in [2.75, 3.05) is 6.54 Å². The molecule has 5 aliphatic rings. The van der Waals surface area contributed by atoms with Crippen LogP contribution >= 0.6 is 0 Å². The summed E-state index contributed by atoms with van der Waals surface area (Å²) in [7, 11) is 0. The van der Waals surface area contributed by atoms with Crippen molar-refractivity contribution in [3.8, 4) is 0 Å². The lowest BCUT2D eigenvalue weighted by molar-refractivity contribution is -0.322. The van der Waals surface area contributed by atoms with E-state index in [1.54, 1.807) is 4.90 Å². The van der Waals surface area contributed by atoms with E-state index < -0.39 is 41.5 Å². The normalized spacial score (nSPS) is 35.0. The summed E-state index contributed by atoms with van der Waals surface area (Å²) >= 11 is 0. The highest BCUT2D eigenvalue weighted by Gasteiger charge is 2.72. The number of allylic oxidation sites excluding steroid dienone is 1. The van der Waals surface area contributed by atoms with E-state index in [-0.39, 0.29) is 23.7 Å². The van der Waals surface area contributed by atoms with Crippen molar-refractivity contribution in [1.82, 2.24) is 20.1 Å². The first-order chi connectivity index (χ1) is 20.4. The highest BCUT2D eigenvalue weighted by atomic mass is 16.7. The number of hydrogen-bond donors (Lipinski definition) is 3. The molecule has 9 heteroatoms. The van der Waals surface area contributed by atoms with Gasteiger partial charge in [-0.2, -0.15) is 0 Å². The van der Waals surface area contributed by atoms with Crippen LogP contribution in [-0.4, -0.2) is 67.9 Å². The molecule has 3 aliphatic heterocycles. The third-order valence-electron chi connectivity index (χ3n) is 10.9. The number of aliphatic hydroxyl groups is 1. The first kappa shape index (κ1) is 28.6. The van der Waals surface area contributed by atoms with Crippen molar-refractivity contribution in [3.63, 3.8) is 0 Å². The number of carbonyl (C=O) groups is 3. The van der Waals surface area contributed by atoms with Crippen molar-refractivity contribution in [1.29, 1.82) is 0 Å². The van der Waals surface area contributed by atoms with Gasteiger partial charge in [-0.05, 0) is 79.5 Å². The van der Waals surface area contributed by atoms with Crippen LogP contribution in [0.2, 0.25) is 0 Å². The molecule has 0 spiro atoms. The maximum Gasteiger partial charge on any atom is 0.281 e. The minimum absolute atomic E-state index is 0.112. The molecule has 1 aromatic heterocycles. The number of hydrogen-bond acceptors (Lipinski definition) is 5. The van der Waals surface area contributed by atoms with Crippen molar-refractivity contribution in [2.45, 2.75) is 97.4 Å². The summed E-state index contributed by atoms with van der Waals surface area (Å²) in [5.74, 6) is -3.25. The molecule has 230 valence electrons. The molecule has 0 radical (unpaired) electrons. The van der Waals surface area contributed by atoms with Gasteiger partial charge in [-0.25, -0.2) is 0 Å². The van der Waals surface area contributed by atoms with E-state index >= 15 is 0 Å². The largest absolute Gasteiger partial charge is 0.358 e. The Morgan fingerprint density at radius 3 is 2.72 bits per heavy atom. The van der Waals surface area contributed by atoms with Crippen molar-refractivity contribution >= 4 is 34.2 Å². The number of rotatable bonds is 5. The number of nitrogens with one attached hydrogen (secondary N) is 2. The number of aryl methyl sites for hydroxylation is 1. The second-order valence-electron chi connectivity index (χ2n) is 14.4. The van der Waals surface area contributed by atoms with Crippen LogP contribution < -0.4 is 5.32 Å². The molecule has 0 saturated carbocycles. The van der Waals surface area contributed by atoms with E-state index in [1.165, 1.54) is 32.7 Å². The molecular weight excluding hydrogens is 544 g/mol. The second-order valence-corrected chi connectivity index (χ2v) is 14.4. The summed E-state index contributed by atoms with van der Waals surface area (Å²) in [6, 6.07) is 4.81. The molecule has 7 atom stereocenters. The minimum atomic E-state index is -2.00. The van der Waals surface area contributed by atoms with Gasteiger partial charge in [-0.1, -0.05) is 52.8 Å². The lowest BCUT2D eigenvalue weighted by Gasteiger charge is -2.49. The molecule has 1 aromatic carbocycles. The van der Waals surface area contributed by atoms with Crippen LogP contribution in [0, 0.1) is 36.5 Å². The van der Waals surface area contributed by atoms with Crippen LogP contribution in [0.3, 0.4) is 0 Å². The summed E-state index contributed by atoms with van der Waals surface area (Å²) < 4.78 is 6.46. The molecule has 3 saturated heterocycles. The molecular formula is C34H44N4O5. The molecule has 9 nitrogen and oxygen atoms in total. The zero-order chi connectivity index (χ0) is 30.6. The maximum atomic E-state index is 14.4. The number of H-pyrrole nitrogens is 1. The van der Waals surface area contributed by atoms with Crippen LogP contribution in [0.1, 0.15) is 77.1 Å². The molecule has 4 heterocycles. The first-order valence-corrected chi connectivity index (χ1v) is 16.1. The van der Waals surface area contributed by atoms with Gasteiger partial charge < -0.3 is 20.3 Å². The zero-order valence-electron chi connectivity index (χ0n) is 26.1. The molecule has 2 aromatic rings. The molecule has 3 fully saturated rings. The smallest absolute Gasteiger partial charge is 0.281 e. The predicted octanol–water partition coefficient (Wildman–Crippen LogP) is 4.08. The van der Waals surface area contributed by atoms with E-state index in [0.29, 0.717) is 31.7 Å². The van der Waals surface area contributed by atoms with Crippen LogP contribution in [0.15, 0.2) is 24.3 Å². The average Bonchev–Trinajstić information content (AvgIpc) is 3.63. The lowest BCUT2D eigenvalue weighted by atomic mass is 9.67. The predicted molar refractivity (Wildman–Crippen MR) is 162 cm³/mol. The Labute approximate surface area is 253 Å². The number of aromatic nitrogens is 1. The molecule has 7 rings (SSSR count). The summed E-state index contributed by atoms with van der Waals surface area (Å²) in [4.78, 5) is 48.8. The van der Waals surface area contributed by atoms with Gasteiger partial charge in [-0.3, -0.25) is 24.0 Å². The lowest BCUT2D eigenvalue weighted by Crippen LogP contribution is -2.71. The Hall–Kier alpha value is -3.17. The van der Waals surface area contributed by atoms with Gasteiger partial charge in [0.05, 0.1) is 5.92 Å². The first-order valence-electron chi connectivity index (χ1n) is 16.1. The highest BCUT2D eigenvalue weighted by molar-refractivity contribution is 6.01. The average molecular weight is 589 g/mol. The fraction of sp³-hybridized carbons (Fsp3) is 0.618. The standard InChI is InChI=1S/C34H44N4O5/c1-17(2)13-27-31(40)37-12-8-11-28(37)34(42)38(27)32(41)33(43-34,18(3)4)36-30(39)21-14-19(5)23-16-24-20(6)35-26-10-7-9-22(29(24)26)25(23)15-21/h7,9-10,15,17-19,21,23,27-28,35,42H,8,11-14,16H2,1-6H3,(H,36,39)/t19?,21-,23-,27-,28-,33+,34-/m0/s1. The van der Waals surface area contributed by atoms with Crippen molar-refractivity contribution in [2.24, 2.45) is 29.6 Å². The van der Waals surface area contributed by atoms with Gasteiger partial charge in [0.25, 0.3) is 11.8 Å². The van der Waals surface area contributed by atoms with Gasteiger partial charge in [-0.15, -0.1) is 0 Å². The van der Waals surface area contributed by atoms with Crippen molar-refractivity contribution < 1.29 is 24.2 Å². The van der Waals surface area contributed by atoms with Gasteiger partial charge in [0, 0.05) is 29.1 Å². The van der Waals surface area contributed by atoms with Gasteiger partial charge in [0.15, 0.2) is 0 Å². The summed E-state index contributed by atoms with van der Waals surface area (Å²) in [6.07, 6.45) is 5.34. The van der Waals surface area contributed by atoms with E-state index in [4.69, 9.17) is 4.74 Å². The Bertz CT molecular complexity index is 1560. The third kappa shape index (κ3) is 3.93. The summed E-state index contributed by atoms with van der Waals surface area (Å²) in [5.41, 5.74) is 4.26. The molecule has 43 heavy (non-hydrogen) atoms. The number of piperazine rings is 1. The number of carbonyl (C=O) groups excluding carboxylic acids is 3. The van der Waals surface area contributed by atoms with Crippen LogP contribution in [0.4, 0.5) is 0 Å². The fourth-order valence-electron chi connectivity index (χ4n) is 8.71. The van der Waals surface area contributed by atoms with Gasteiger partial charge in [0.2, 0.25) is 17.5 Å². The number of nitrogens with zero attached hydrogens (tertiary/aromatic N) is 2. The number of aromatic amines is 1. The number of amides is 3. The number of ether oxygens (including phenoxy) is 1. The number of fused-ring (bicyclic) bond motifs is 5. The minimum Gasteiger partial charge on any atom is -0.358 e. The summed E-state index contributed by atoms with van der Waals surface area (Å²) in [5, 5.41) is 16.4. The SMILES string of the molecule is Cc1[nH]c2cccc3c2c1C[C@@H]1C3=C[C@@H](C(=O)N[C@]2(C(C)C)O[C@@]3(O)[C@@H]4CCCN4C(=O)[C@H](CC(C)C)N3C2=O)CC1C. The topological polar surface area (TPSA) is 115 Å². The van der Waals surface area contributed by atoms with Crippen LogP contribution in [0.5, 0.6) is 0 Å². The quantitative estimate of drug-likeness (QED) is 0.487. The monoisotopic (exact) mass is 588 g/mol. The summed E-state index contributed by atoms with van der Waals surface area (Å²) in [6.45, 7) is 12.5. The Kier molecular flexibility index (Phi) is 6.43. The van der Waals surface area contributed by atoms with Gasteiger partial charge >= 0.3 is 0 Å². The molecule has 3 amide bonds. The van der Waals surface area contributed by atoms with Gasteiger partial charge in [0.1, 0.15) is 12.1 Å². The van der Waals surface area contributed by atoms with E-state index in [2.05, 4.69) is 48.4 Å². The Morgan fingerprint density at radius 2 is 2.00 bits per heavy atom. The molecule has 0 bridgehead atoms. The highest BCUT2D eigenvalue weighted by Crippen LogP contribution is 2.50. The van der Waals surface area contributed by atoms with Crippen LogP contribution in [-0.2, 0) is 25.5 Å². The third-order valence-corrected chi connectivity index (χ3v) is 10.9. The fourth-order valence-corrected chi connectivity index (χ4v) is 8.71. The maximum absolute atomic E-state index is 14.4. The van der Waals surface area contributed by atoms with E-state index in [9.17, 15) is 19.5 Å². The molecule has 1 unspecified atom stereocenters. The van der Waals surface area contributed by atoms with E-state index in [0.717, 1.165) is 18.4 Å². The second kappa shape index (κ2) is 9.66. The number of benzene rings is 1. The van der Waals surface area contributed by atoms with Crippen LogP contribution in [0.25, 0.3) is 16.5 Å². The van der Waals surface area contributed by atoms with E-state index in [1.807, 2.05) is 27.7 Å². The Balaban J connectivity index is 1.25. The molecule has 3 N–H and O–H groups in total.